The van der Waals surface area contributed by atoms with Crippen LogP contribution in [0.15, 0.2) is 24.3 Å². The molecule has 0 saturated carbocycles. The summed E-state index contributed by atoms with van der Waals surface area (Å²) in [5.41, 5.74) is 0.577. The Morgan fingerprint density at radius 3 is 2.52 bits per heavy atom. The molecular weight excluding hydrogens is 315 g/mol. The van der Waals surface area contributed by atoms with E-state index in [9.17, 15) is 9.18 Å². The highest BCUT2D eigenvalue weighted by molar-refractivity contribution is 5.85. The molecule has 23 heavy (non-hydrogen) atoms. The molecule has 1 fully saturated rings. The number of hydrogen-bond donors (Lipinski definition) is 1. The summed E-state index contributed by atoms with van der Waals surface area (Å²) in [6, 6.07) is 6.44. The predicted octanol–water partition coefficient (Wildman–Crippen LogP) is 3.79. The molecule has 0 aromatic heterocycles. The van der Waals surface area contributed by atoms with Crippen LogP contribution in [0.5, 0.6) is 0 Å². The molecular formula is C18H28ClFN2O. The van der Waals surface area contributed by atoms with E-state index in [-0.39, 0.29) is 30.2 Å². The van der Waals surface area contributed by atoms with E-state index < -0.39 is 0 Å². The highest BCUT2D eigenvalue weighted by Crippen LogP contribution is 2.27. The van der Waals surface area contributed by atoms with Gasteiger partial charge in [0.15, 0.2) is 0 Å². The molecule has 1 saturated heterocycles. The lowest BCUT2D eigenvalue weighted by molar-refractivity contribution is -0.133. The fourth-order valence-corrected chi connectivity index (χ4v) is 3.24. The van der Waals surface area contributed by atoms with E-state index in [1.165, 1.54) is 6.07 Å². The Hall–Kier alpha value is -1.13. The summed E-state index contributed by atoms with van der Waals surface area (Å²) in [7, 11) is 1.77. The molecule has 1 amide bonds. The summed E-state index contributed by atoms with van der Waals surface area (Å²) in [5.74, 6) is 0.843. The van der Waals surface area contributed by atoms with Gasteiger partial charge in [0.05, 0.1) is 6.04 Å². The van der Waals surface area contributed by atoms with Gasteiger partial charge in [0.2, 0.25) is 5.91 Å². The van der Waals surface area contributed by atoms with Crippen LogP contribution in [0.1, 0.15) is 44.7 Å². The highest BCUT2D eigenvalue weighted by Gasteiger charge is 2.25. The summed E-state index contributed by atoms with van der Waals surface area (Å²) in [6.07, 6.45) is 2.82. The largest absolute Gasteiger partial charge is 0.339 e. The van der Waals surface area contributed by atoms with E-state index in [1.807, 2.05) is 13.0 Å². The lowest BCUT2D eigenvalue weighted by atomic mass is 9.84. The molecule has 0 bridgehead atoms. The molecule has 1 aliphatic heterocycles. The Labute approximate surface area is 145 Å². The molecule has 1 heterocycles. The van der Waals surface area contributed by atoms with Crippen molar-refractivity contribution in [2.24, 2.45) is 11.8 Å². The second-order valence-corrected chi connectivity index (χ2v) is 6.47. The number of halogens is 2. The first kappa shape index (κ1) is 19.9. The van der Waals surface area contributed by atoms with Gasteiger partial charge < -0.3 is 10.2 Å². The van der Waals surface area contributed by atoms with Crippen LogP contribution in [0.4, 0.5) is 4.39 Å². The van der Waals surface area contributed by atoms with Gasteiger partial charge in [-0.15, -0.1) is 12.4 Å². The Morgan fingerprint density at radius 2 is 1.91 bits per heavy atom. The number of carbonyl (C=O) groups excluding carboxylic acids is 1. The lowest BCUT2D eigenvalue weighted by Crippen LogP contribution is -2.35. The van der Waals surface area contributed by atoms with Crippen LogP contribution in [0.3, 0.4) is 0 Å². The van der Waals surface area contributed by atoms with Crippen molar-refractivity contribution in [3.8, 4) is 0 Å². The van der Waals surface area contributed by atoms with Gasteiger partial charge in [-0.2, -0.15) is 0 Å². The number of carbonyl (C=O) groups is 1. The average molecular weight is 343 g/mol. The SMILES string of the molecule is CC(CC(=O)N(C)C(C)c1ccccc1F)C1CCNCC1.Cl. The molecule has 1 aromatic rings. The van der Waals surface area contributed by atoms with Gasteiger partial charge in [-0.25, -0.2) is 4.39 Å². The van der Waals surface area contributed by atoms with Crippen molar-refractivity contribution < 1.29 is 9.18 Å². The third-order valence-electron chi connectivity index (χ3n) is 5.01. The Morgan fingerprint density at radius 1 is 1.30 bits per heavy atom. The number of piperidine rings is 1. The topological polar surface area (TPSA) is 32.3 Å². The van der Waals surface area contributed by atoms with Crippen molar-refractivity contribution in [2.75, 3.05) is 20.1 Å². The first-order valence-electron chi connectivity index (χ1n) is 8.21. The number of rotatable bonds is 5. The molecule has 1 aromatic carbocycles. The van der Waals surface area contributed by atoms with Crippen molar-refractivity contribution in [1.29, 1.82) is 0 Å². The molecule has 1 aliphatic rings. The van der Waals surface area contributed by atoms with Crippen LogP contribution >= 0.6 is 12.4 Å². The van der Waals surface area contributed by atoms with Gasteiger partial charge in [-0.3, -0.25) is 4.79 Å². The standard InChI is InChI=1S/C18H27FN2O.ClH/c1-13(15-8-10-20-11-9-15)12-18(22)21(3)14(2)16-6-4-5-7-17(16)19;/h4-7,13-15,20H,8-12H2,1-3H3;1H. The number of nitrogens with one attached hydrogen (secondary N) is 1. The third-order valence-corrected chi connectivity index (χ3v) is 5.01. The second kappa shape index (κ2) is 9.24. The fraction of sp³-hybridized carbons (Fsp3) is 0.611. The summed E-state index contributed by atoms with van der Waals surface area (Å²) in [4.78, 5) is 14.2. The zero-order valence-corrected chi connectivity index (χ0v) is 15.0. The molecule has 130 valence electrons. The molecule has 2 rings (SSSR count). The first-order chi connectivity index (χ1) is 10.5. The van der Waals surface area contributed by atoms with Crippen molar-refractivity contribution in [3.05, 3.63) is 35.6 Å². The normalized spacial score (nSPS) is 17.9. The van der Waals surface area contributed by atoms with Crippen molar-refractivity contribution in [2.45, 2.75) is 39.2 Å². The highest BCUT2D eigenvalue weighted by atomic mass is 35.5. The van der Waals surface area contributed by atoms with Crippen molar-refractivity contribution in [3.63, 3.8) is 0 Å². The predicted molar refractivity (Wildman–Crippen MR) is 94.2 cm³/mol. The number of nitrogens with zero attached hydrogens (tertiary/aromatic N) is 1. The van der Waals surface area contributed by atoms with Crippen LogP contribution in [0.25, 0.3) is 0 Å². The maximum absolute atomic E-state index is 13.9. The third kappa shape index (κ3) is 5.18. The summed E-state index contributed by atoms with van der Waals surface area (Å²) >= 11 is 0. The van der Waals surface area contributed by atoms with Gasteiger partial charge in [0.25, 0.3) is 0 Å². The monoisotopic (exact) mass is 342 g/mol. The minimum atomic E-state index is -0.249. The van der Waals surface area contributed by atoms with Crippen LogP contribution in [-0.4, -0.2) is 30.9 Å². The van der Waals surface area contributed by atoms with Crippen LogP contribution < -0.4 is 5.32 Å². The van der Waals surface area contributed by atoms with E-state index in [0.717, 1.165) is 25.9 Å². The van der Waals surface area contributed by atoms with E-state index >= 15 is 0 Å². The zero-order chi connectivity index (χ0) is 16.1. The summed E-state index contributed by atoms with van der Waals surface area (Å²) < 4.78 is 13.9. The fourth-order valence-electron chi connectivity index (χ4n) is 3.24. The van der Waals surface area contributed by atoms with Gasteiger partial charge in [0.1, 0.15) is 5.82 Å². The number of hydrogen-bond acceptors (Lipinski definition) is 2. The Balaban J connectivity index is 0.00000264. The van der Waals surface area contributed by atoms with Crippen LogP contribution in [0.2, 0.25) is 0 Å². The maximum Gasteiger partial charge on any atom is 0.223 e. The van der Waals surface area contributed by atoms with Gasteiger partial charge in [-0.1, -0.05) is 25.1 Å². The van der Waals surface area contributed by atoms with Gasteiger partial charge >= 0.3 is 0 Å². The molecule has 3 nitrogen and oxygen atoms in total. The first-order valence-corrected chi connectivity index (χ1v) is 8.21. The molecule has 2 atom stereocenters. The smallest absolute Gasteiger partial charge is 0.223 e. The minimum absolute atomic E-state index is 0. The molecule has 0 aliphatic carbocycles. The maximum atomic E-state index is 13.9. The van der Waals surface area contributed by atoms with Gasteiger partial charge in [0, 0.05) is 19.0 Å². The Kier molecular flexibility index (Phi) is 8.00. The molecule has 0 radical (unpaired) electrons. The minimum Gasteiger partial charge on any atom is -0.339 e. The van der Waals surface area contributed by atoms with Crippen molar-refractivity contribution >= 4 is 18.3 Å². The molecule has 2 unspecified atom stereocenters. The van der Waals surface area contributed by atoms with E-state index in [1.54, 1.807) is 24.1 Å². The van der Waals surface area contributed by atoms with Crippen molar-refractivity contribution in [1.82, 2.24) is 10.2 Å². The second-order valence-electron chi connectivity index (χ2n) is 6.47. The van der Waals surface area contributed by atoms with E-state index in [4.69, 9.17) is 0 Å². The Bertz CT molecular complexity index is 506. The quantitative estimate of drug-likeness (QED) is 0.882. The van der Waals surface area contributed by atoms with Crippen LogP contribution in [-0.2, 0) is 4.79 Å². The zero-order valence-electron chi connectivity index (χ0n) is 14.2. The summed E-state index contributed by atoms with van der Waals surface area (Å²) in [5, 5.41) is 3.35. The number of amides is 1. The summed E-state index contributed by atoms with van der Waals surface area (Å²) in [6.45, 7) is 6.14. The van der Waals surface area contributed by atoms with E-state index in [0.29, 0.717) is 23.8 Å². The average Bonchev–Trinajstić information content (AvgIpc) is 2.54. The molecule has 5 heteroatoms. The lowest BCUT2D eigenvalue weighted by Gasteiger charge is -2.31. The molecule has 0 spiro atoms. The number of benzene rings is 1. The van der Waals surface area contributed by atoms with Crippen LogP contribution in [0, 0.1) is 17.7 Å². The van der Waals surface area contributed by atoms with E-state index in [2.05, 4.69) is 12.2 Å². The molecule has 1 N–H and O–H groups in total. The van der Waals surface area contributed by atoms with Gasteiger partial charge in [-0.05, 0) is 50.8 Å².